The molecule has 0 fully saturated rings. The van der Waals surface area contributed by atoms with Crippen molar-refractivity contribution in [2.75, 3.05) is 28.4 Å². The van der Waals surface area contributed by atoms with Crippen LogP contribution in [0.15, 0.2) is 36.4 Å². The van der Waals surface area contributed by atoms with Crippen molar-refractivity contribution >= 4 is 30.3 Å². The van der Waals surface area contributed by atoms with Crippen LogP contribution < -0.4 is 0 Å². The Morgan fingerprint density at radius 2 is 1.52 bits per heavy atom. The first-order valence-electron chi connectivity index (χ1n) is 7.92. The molecule has 2 atom stereocenters. The van der Waals surface area contributed by atoms with Crippen LogP contribution in [0, 0.1) is 0 Å². The van der Waals surface area contributed by atoms with Gasteiger partial charge in [0, 0.05) is 25.2 Å². The second kappa shape index (κ2) is 8.52. The number of phenols is 1. The third kappa shape index (κ3) is 3.83. The summed E-state index contributed by atoms with van der Waals surface area (Å²) in [7, 11) is 0.265. The van der Waals surface area contributed by atoms with Crippen LogP contribution in [0.5, 0.6) is 5.75 Å². The molecule has 2 unspecified atom stereocenters. The van der Waals surface area contributed by atoms with E-state index in [1.807, 2.05) is 0 Å². The molecule has 0 aliphatic carbocycles. The number of esters is 2. The fourth-order valence-corrected chi connectivity index (χ4v) is 4.56. The van der Waals surface area contributed by atoms with E-state index in [1.54, 1.807) is 30.3 Å². The molecule has 0 bridgehead atoms. The first-order valence-corrected chi connectivity index (χ1v) is 9.53. The lowest BCUT2D eigenvalue weighted by atomic mass is 9.92. The molecule has 0 saturated heterocycles. The van der Waals surface area contributed by atoms with E-state index in [1.165, 1.54) is 6.07 Å². The molecule has 0 heterocycles. The number of carbonyl (C=O) groups is 2. The maximum Gasteiger partial charge on any atom is 0.345 e. The second-order valence-electron chi connectivity index (χ2n) is 5.60. The highest BCUT2D eigenvalue weighted by atomic mass is 31.2. The summed E-state index contributed by atoms with van der Waals surface area (Å²) in [5.74, 6) is -3.61. The summed E-state index contributed by atoms with van der Waals surface area (Å²) in [5.41, 5.74) is -1.62. The van der Waals surface area contributed by atoms with Gasteiger partial charge in [0.25, 0.3) is 0 Å². The largest absolute Gasteiger partial charge is 0.507 e. The Hall–Kier alpha value is -2.41. The van der Waals surface area contributed by atoms with Crippen molar-refractivity contribution in [3.05, 3.63) is 42.0 Å². The summed E-state index contributed by atoms with van der Waals surface area (Å²) >= 11 is 0. The SMILES string of the molecule is COC(=O)C(c1ccc2ccccc2c1O)C(C(=O)OC)P(=O)(OC)OC. The van der Waals surface area contributed by atoms with Crippen molar-refractivity contribution in [3.63, 3.8) is 0 Å². The van der Waals surface area contributed by atoms with Crippen LogP contribution in [0.4, 0.5) is 0 Å². The van der Waals surface area contributed by atoms with Gasteiger partial charge < -0.3 is 23.6 Å². The quantitative estimate of drug-likeness (QED) is 0.562. The summed E-state index contributed by atoms with van der Waals surface area (Å²) < 4.78 is 32.4. The highest BCUT2D eigenvalue weighted by molar-refractivity contribution is 7.55. The van der Waals surface area contributed by atoms with Crippen molar-refractivity contribution < 1.29 is 37.8 Å². The van der Waals surface area contributed by atoms with Crippen molar-refractivity contribution in [1.82, 2.24) is 0 Å². The van der Waals surface area contributed by atoms with Crippen LogP contribution in [0.2, 0.25) is 0 Å². The van der Waals surface area contributed by atoms with Crippen LogP contribution in [-0.2, 0) is 32.7 Å². The van der Waals surface area contributed by atoms with Crippen molar-refractivity contribution in [3.8, 4) is 5.75 Å². The molecule has 0 aliphatic heterocycles. The van der Waals surface area contributed by atoms with E-state index in [0.29, 0.717) is 5.39 Å². The van der Waals surface area contributed by atoms with E-state index in [4.69, 9.17) is 18.5 Å². The topological polar surface area (TPSA) is 108 Å². The molecule has 2 rings (SSSR count). The van der Waals surface area contributed by atoms with Crippen LogP contribution in [0.3, 0.4) is 0 Å². The number of fused-ring (bicyclic) bond motifs is 1. The van der Waals surface area contributed by atoms with Gasteiger partial charge in [-0.25, -0.2) is 0 Å². The minimum absolute atomic E-state index is 0.0466. The normalized spacial score (nSPS) is 13.8. The summed E-state index contributed by atoms with van der Waals surface area (Å²) in [6.45, 7) is 0. The Morgan fingerprint density at radius 3 is 2.07 bits per heavy atom. The molecule has 9 heteroatoms. The van der Waals surface area contributed by atoms with Crippen LogP contribution in [-0.4, -0.2) is 51.1 Å². The molecule has 0 radical (unpaired) electrons. The van der Waals surface area contributed by atoms with Crippen molar-refractivity contribution in [2.24, 2.45) is 0 Å². The average molecular weight is 396 g/mol. The van der Waals surface area contributed by atoms with E-state index >= 15 is 0 Å². The number of aromatic hydroxyl groups is 1. The minimum Gasteiger partial charge on any atom is -0.507 e. The molecule has 0 saturated carbocycles. The van der Waals surface area contributed by atoms with Crippen LogP contribution in [0.1, 0.15) is 11.5 Å². The number of hydrogen-bond acceptors (Lipinski definition) is 8. The predicted octanol–water partition coefficient (Wildman–Crippen LogP) is 2.83. The average Bonchev–Trinajstić information content (AvgIpc) is 2.71. The lowest BCUT2D eigenvalue weighted by molar-refractivity contribution is -0.149. The highest BCUT2D eigenvalue weighted by Gasteiger charge is 2.51. The molecule has 0 aromatic heterocycles. The molecule has 27 heavy (non-hydrogen) atoms. The number of ether oxygens (including phenoxy) is 2. The monoisotopic (exact) mass is 396 g/mol. The number of hydrogen-bond donors (Lipinski definition) is 1. The smallest absolute Gasteiger partial charge is 0.345 e. The number of rotatable bonds is 7. The van der Waals surface area contributed by atoms with E-state index in [2.05, 4.69) is 0 Å². The zero-order valence-corrected chi connectivity index (χ0v) is 16.3. The van der Waals surface area contributed by atoms with Gasteiger partial charge >= 0.3 is 19.5 Å². The zero-order valence-electron chi connectivity index (χ0n) is 15.4. The van der Waals surface area contributed by atoms with Gasteiger partial charge in [-0.15, -0.1) is 0 Å². The van der Waals surface area contributed by atoms with Gasteiger partial charge in [-0.3, -0.25) is 14.2 Å². The fourth-order valence-electron chi connectivity index (χ4n) is 2.95. The molecule has 146 valence electrons. The zero-order chi connectivity index (χ0) is 20.2. The predicted molar refractivity (Wildman–Crippen MR) is 97.8 cm³/mol. The second-order valence-corrected chi connectivity index (χ2v) is 7.96. The molecule has 0 amide bonds. The third-order valence-corrected chi connectivity index (χ3v) is 6.54. The fraction of sp³-hybridized carbons (Fsp3) is 0.333. The maximum atomic E-state index is 13.0. The van der Waals surface area contributed by atoms with Gasteiger partial charge in [-0.1, -0.05) is 36.4 Å². The molecule has 2 aromatic rings. The first-order chi connectivity index (χ1) is 12.8. The lowest BCUT2D eigenvalue weighted by Gasteiger charge is -2.28. The molecular weight excluding hydrogens is 375 g/mol. The highest BCUT2D eigenvalue weighted by Crippen LogP contribution is 2.57. The molecule has 0 spiro atoms. The van der Waals surface area contributed by atoms with Gasteiger partial charge in [0.05, 0.1) is 14.2 Å². The maximum absolute atomic E-state index is 13.0. The van der Waals surface area contributed by atoms with Gasteiger partial charge in [-0.2, -0.15) is 0 Å². The Kier molecular flexibility index (Phi) is 6.59. The summed E-state index contributed by atoms with van der Waals surface area (Å²) in [6, 6.07) is 10.1. The summed E-state index contributed by atoms with van der Waals surface area (Å²) in [6.07, 6.45) is 0. The third-order valence-electron chi connectivity index (χ3n) is 4.33. The Labute approximate surface area is 156 Å². The van der Waals surface area contributed by atoms with Gasteiger partial charge in [0.1, 0.15) is 11.7 Å². The molecule has 8 nitrogen and oxygen atoms in total. The summed E-state index contributed by atoms with van der Waals surface area (Å²) in [4.78, 5) is 25.0. The minimum atomic E-state index is -4.12. The number of benzene rings is 2. The number of carbonyl (C=O) groups excluding carboxylic acids is 2. The Morgan fingerprint density at radius 1 is 0.926 bits per heavy atom. The first kappa shape index (κ1) is 20.9. The number of methoxy groups -OCH3 is 2. The van der Waals surface area contributed by atoms with Gasteiger partial charge in [-0.05, 0) is 5.39 Å². The van der Waals surface area contributed by atoms with E-state index in [9.17, 15) is 19.3 Å². The molecule has 2 aromatic carbocycles. The number of phenolic OH excluding ortho intramolecular Hbond substituents is 1. The van der Waals surface area contributed by atoms with Gasteiger partial charge in [0.2, 0.25) is 0 Å². The summed E-state index contributed by atoms with van der Waals surface area (Å²) in [5, 5.41) is 11.9. The lowest BCUT2D eigenvalue weighted by Crippen LogP contribution is -2.35. The molecule has 0 aliphatic rings. The van der Waals surface area contributed by atoms with Crippen molar-refractivity contribution in [1.29, 1.82) is 0 Å². The Balaban J connectivity index is 2.77. The Bertz CT molecular complexity index is 886. The standard InChI is InChI=1S/C18H21O8P/c1-23-17(20)14(16(18(21)24-2)27(22,25-3)26-4)13-10-9-11-7-5-6-8-12(11)15(13)19/h5-10,14,16,19H,1-4H3. The van der Waals surface area contributed by atoms with Crippen LogP contribution >= 0.6 is 7.60 Å². The van der Waals surface area contributed by atoms with E-state index in [-0.39, 0.29) is 11.3 Å². The molecular formula is C18H21O8P. The van der Waals surface area contributed by atoms with E-state index in [0.717, 1.165) is 33.8 Å². The molecule has 1 N–H and O–H groups in total. The van der Waals surface area contributed by atoms with Crippen molar-refractivity contribution in [2.45, 2.75) is 11.6 Å². The van der Waals surface area contributed by atoms with Crippen LogP contribution in [0.25, 0.3) is 10.8 Å². The van der Waals surface area contributed by atoms with Gasteiger partial charge in [0.15, 0.2) is 5.66 Å². The van der Waals surface area contributed by atoms with E-state index < -0.39 is 31.1 Å².